The lowest BCUT2D eigenvalue weighted by atomic mass is 10.1. The standard InChI is InChI=1S/C12H16N2O6/c1-7-9(13-5-12(2,18)6-15)3-8(11(16)17)4-10(7)14(19)20/h3-4,13,15,18H,5-6H2,1-2H3,(H,16,17). The molecule has 0 spiro atoms. The summed E-state index contributed by atoms with van der Waals surface area (Å²) in [5.41, 5.74) is -1.48. The number of hydrogen-bond acceptors (Lipinski definition) is 6. The topological polar surface area (TPSA) is 133 Å². The summed E-state index contributed by atoms with van der Waals surface area (Å²) in [7, 11) is 0. The Labute approximate surface area is 114 Å². The van der Waals surface area contributed by atoms with Gasteiger partial charge in [0.1, 0.15) is 5.60 Å². The number of carboxylic acid groups (broad SMARTS) is 1. The van der Waals surface area contributed by atoms with E-state index < -0.39 is 23.1 Å². The molecular formula is C12H16N2O6. The van der Waals surface area contributed by atoms with Gasteiger partial charge in [-0.2, -0.15) is 0 Å². The number of anilines is 1. The molecule has 1 rings (SSSR count). The normalized spacial score (nSPS) is 13.6. The van der Waals surface area contributed by atoms with Crippen LogP contribution in [0.1, 0.15) is 22.8 Å². The molecule has 0 heterocycles. The van der Waals surface area contributed by atoms with E-state index >= 15 is 0 Å². The van der Waals surface area contributed by atoms with Crippen LogP contribution in [0.25, 0.3) is 0 Å². The maximum absolute atomic E-state index is 11.0. The second kappa shape index (κ2) is 5.85. The Morgan fingerprint density at radius 1 is 1.50 bits per heavy atom. The van der Waals surface area contributed by atoms with Crippen molar-refractivity contribution in [3.63, 3.8) is 0 Å². The number of rotatable bonds is 6. The molecule has 1 aromatic rings. The van der Waals surface area contributed by atoms with E-state index in [4.69, 9.17) is 10.2 Å². The van der Waals surface area contributed by atoms with E-state index in [1.807, 2.05) is 0 Å². The minimum absolute atomic E-state index is 0.0788. The Morgan fingerprint density at radius 2 is 2.10 bits per heavy atom. The average Bonchev–Trinajstić information content (AvgIpc) is 2.36. The molecule has 0 radical (unpaired) electrons. The van der Waals surface area contributed by atoms with Crippen molar-refractivity contribution in [3.8, 4) is 0 Å². The van der Waals surface area contributed by atoms with Crippen LogP contribution in [0, 0.1) is 17.0 Å². The summed E-state index contributed by atoms with van der Waals surface area (Å²) < 4.78 is 0. The number of nitrogens with zero attached hydrogens (tertiary/aromatic N) is 1. The Kier molecular flexibility index (Phi) is 4.64. The number of hydrogen-bond donors (Lipinski definition) is 4. The number of nitro groups is 1. The summed E-state index contributed by atoms with van der Waals surface area (Å²) >= 11 is 0. The zero-order valence-electron chi connectivity index (χ0n) is 11.1. The quantitative estimate of drug-likeness (QED) is 0.447. The molecule has 0 aliphatic carbocycles. The van der Waals surface area contributed by atoms with Crippen LogP contribution in [0.3, 0.4) is 0 Å². The number of carbonyl (C=O) groups is 1. The van der Waals surface area contributed by atoms with E-state index in [1.165, 1.54) is 19.9 Å². The maximum Gasteiger partial charge on any atom is 0.336 e. The van der Waals surface area contributed by atoms with E-state index in [-0.39, 0.29) is 29.0 Å². The van der Waals surface area contributed by atoms with E-state index in [0.29, 0.717) is 0 Å². The molecule has 0 aliphatic heterocycles. The molecule has 0 aromatic heterocycles. The maximum atomic E-state index is 11.0. The molecule has 0 bridgehead atoms. The third-order valence-corrected chi connectivity index (χ3v) is 2.82. The van der Waals surface area contributed by atoms with Gasteiger partial charge >= 0.3 is 5.97 Å². The molecule has 0 aliphatic rings. The molecule has 1 aromatic carbocycles. The second-order valence-corrected chi connectivity index (χ2v) is 4.74. The fraction of sp³-hybridized carbons (Fsp3) is 0.417. The van der Waals surface area contributed by atoms with Crippen LogP contribution < -0.4 is 5.32 Å². The van der Waals surface area contributed by atoms with Gasteiger partial charge in [-0.15, -0.1) is 0 Å². The smallest absolute Gasteiger partial charge is 0.336 e. The minimum Gasteiger partial charge on any atom is -0.478 e. The highest BCUT2D eigenvalue weighted by molar-refractivity contribution is 5.90. The largest absolute Gasteiger partial charge is 0.478 e. The Balaban J connectivity index is 3.18. The highest BCUT2D eigenvalue weighted by Crippen LogP contribution is 2.28. The highest BCUT2D eigenvalue weighted by atomic mass is 16.6. The van der Waals surface area contributed by atoms with Gasteiger partial charge in [0.2, 0.25) is 0 Å². The summed E-state index contributed by atoms with van der Waals surface area (Å²) in [6, 6.07) is 2.23. The monoisotopic (exact) mass is 284 g/mol. The van der Waals surface area contributed by atoms with Crippen LogP contribution in [0.2, 0.25) is 0 Å². The van der Waals surface area contributed by atoms with Crippen LogP contribution in [0.4, 0.5) is 11.4 Å². The van der Waals surface area contributed by atoms with Gasteiger partial charge in [-0.25, -0.2) is 4.79 Å². The van der Waals surface area contributed by atoms with Gasteiger partial charge in [-0.1, -0.05) is 0 Å². The summed E-state index contributed by atoms with van der Waals surface area (Å²) in [6.07, 6.45) is 0. The van der Waals surface area contributed by atoms with Crippen LogP contribution >= 0.6 is 0 Å². The number of nitro benzene ring substituents is 1. The Bertz CT molecular complexity index is 541. The SMILES string of the molecule is Cc1c(NCC(C)(O)CO)cc(C(=O)O)cc1[N+](=O)[O-]. The number of carboxylic acids is 1. The number of benzene rings is 1. The summed E-state index contributed by atoms with van der Waals surface area (Å²) in [5, 5.41) is 41.2. The van der Waals surface area contributed by atoms with Crippen LogP contribution in [0.5, 0.6) is 0 Å². The van der Waals surface area contributed by atoms with Crippen molar-refractivity contribution >= 4 is 17.3 Å². The highest BCUT2D eigenvalue weighted by Gasteiger charge is 2.22. The molecule has 0 saturated carbocycles. The third kappa shape index (κ3) is 3.65. The lowest BCUT2D eigenvalue weighted by Gasteiger charge is -2.22. The van der Waals surface area contributed by atoms with E-state index in [2.05, 4.69) is 5.32 Å². The molecule has 1 unspecified atom stereocenters. The van der Waals surface area contributed by atoms with Crippen molar-refractivity contribution in [2.45, 2.75) is 19.4 Å². The van der Waals surface area contributed by atoms with E-state index in [0.717, 1.165) is 6.07 Å². The molecular weight excluding hydrogens is 268 g/mol. The number of aromatic carboxylic acids is 1. The number of nitrogens with one attached hydrogen (secondary N) is 1. The number of aliphatic hydroxyl groups excluding tert-OH is 1. The number of aliphatic hydroxyl groups is 2. The first-order chi connectivity index (χ1) is 9.18. The zero-order chi connectivity index (χ0) is 15.5. The first kappa shape index (κ1) is 15.9. The Morgan fingerprint density at radius 3 is 2.55 bits per heavy atom. The van der Waals surface area contributed by atoms with Gasteiger partial charge in [0.15, 0.2) is 0 Å². The van der Waals surface area contributed by atoms with E-state index in [9.17, 15) is 20.0 Å². The van der Waals surface area contributed by atoms with Crippen molar-refractivity contribution in [2.75, 3.05) is 18.5 Å². The van der Waals surface area contributed by atoms with Gasteiger partial charge in [-0.3, -0.25) is 10.1 Å². The van der Waals surface area contributed by atoms with Gasteiger partial charge < -0.3 is 20.6 Å². The first-order valence-corrected chi connectivity index (χ1v) is 5.77. The van der Waals surface area contributed by atoms with Gasteiger partial charge in [0.25, 0.3) is 5.69 Å². The predicted octanol–water partition coefficient (Wildman–Crippen LogP) is 0.757. The van der Waals surface area contributed by atoms with Crippen molar-refractivity contribution in [2.24, 2.45) is 0 Å². The molecule has 8 nitrogen and oxygen atoms in total. The fourth-order valence-electron chi connectivity index (χ4n) is 1.54. The van der Waals surface area contributed by atoms with E-state index in [1.54, 1.807) is 0 Å². The lowest BCUT2D eigenvalue weighted by Crippen LogP contribution is -2.37. The van der Waals surface area contributed by atoms with Gasteiger partial charge in [0.05, 0.1) is 17.1 Å². The molecule has 4 N–H and O–H groups in total. The van der Waals surface area contributed by atoms with Crippen molar-refractivity contribution < 1.29 is 25.0 Å². The van der Waals surface area contributed by atoms with Crippen LogP contribution in [-0.2, 0) is 0 Å². The fourth-order valence-corrected chi connectivity index (χ4v) is 1.54. The third-order valence-electron chi connectivity index (χ3n) is 2.82. The lowest BCUT2D eigenvalue weighted by molar-refractivity contribution is -0.385. The molecule has 0 amide bonds. The first-order valence-electron chi connectivity index (χ1n) is 5.77. The summed E-state index contributed by atoms with van der Waals surface area (Å²) in [6.45, 7) is 2.27. The molecule has 8 heteroatoms. The molecule has 110 valence electrons. The van der Waals surface area contributed by atoms with Crippen molar-refractivity contribution in [1.82, 2.24) is 0 Å². The van der Waals surface area contributed by atoms with Gasteiger partial charge in [-0.05, 0) is 19.9 Å². The summed E-state index contributed by atoms with van der Waals surface area (Å²) in [4.78, 5) is 21.2. The summed E-state index contributed by atoms with van der Waals surface area (Å²) in [5.74, 6) is -1.29. The van der Waals surface area contributed by atoms with Crippen LogP contribution in [-0.4, -0.2) is 45.0 Å². The molecule has 0 fully saturated rings. The predicted molar refractivity (Wildman–Crippen MR) is 71.0 cm³/mol. The Hall–Kier alpha value is -2.19. The van der Waals surface area contributed by atoms with Crippen molar-refractivity contribution in [3.05, 3.63) is 33.4 Å². The second-order valence-electron chi connectivity index (χ2n) is 4.74. The van der Waals surface area contributed by atoms with Crippen molar-refractivity contribution in [1.29, 1.82) is 0 Å². The molecule has 1 atom stereocenters. The molecule has 20 heavy (non-hydrogen) atoms. The average molecular weight is 284 g/mol. The van der Waals surface area contributed by atoms with Gasteiger partial charge in [0, 0.05) is 23.9 Å². The zero-order valence-corrected chi connectivity index (χ0v) is 11.1. The van der Waals surface area contributed by atoms with Crippen LogP contribution in [0.15, 0.2) is 12.1 Å². The minimum atomic E-state index is -1.42. The molecule has 0 saturated heterocycles.